The summed E-state index contributed by atoms with van der Waals surface area (Å²) in [7, 11) is 0. The number of nitrogens with zero attached hydrogens (tertiary/aromatic N) is 3. The second kappa shape index (κ2) is 12.9. The maximum absolute atomic E-state index is 12.3. The molecule has 1 aliphatic rings. The van der Waals surface area contributed by atoms with Crippen LogP contribution in [-0.4, -0.2) is 55.7 Å². The Morgan fingerprint density at radius 2 is 2.13 bits per heavy atom. The zero-order valence-corrected chi connectivity index (χ0v) is 17.2. The second-order valence-corrected chi connectivity index (χ2v) is 7.32. The van der Waals surface area contributed by atoms with E-state index in [1.54, 1.807) is 11.0 Å². The van der Waals surface area contributed by atoms with Gasteiger partial charge in [-0.05, 0) is 37.7 Å². The minimum atomic E-state index is -0.250. The van der Waals surface area contributed by atoms with Crippen LogP contribution in [-0.2, 0) is 16.1 Å². The van der Waals surface area contributed by atoms with Crippen molar-refractivity contribution in [3.63, 3.8) is 0 Å². The maximum Gasteiger partial charge on any atom is 0.290 e. The lowest BCUT2D eigenvalue weighted by Gasteiger charge is -2.30. The first-order valence-corrected chi connectivity index (χ1v) is 10.2. The van der Waals surface area contributed by atoms with Gasteiger partial charge in [-0.1, -0.05) is 6.42 Å². The van der Waals surface area contributed by atoms with E-state index in [4.69, 9.17) is 9.90 Å². The Morgan fingerprint density at radius 3 is 2.81 bits per heavy atom. The van der Waals surface area contributed by atoms with E-state index in [-0.39, 0.29) is 29.9 Å². The molecule has 11 nitrogen and oxygen atoms in total. The van der Waals surface area contributed by atoms with Crippen LogP contribution >= 0.6 is 0 Å². The Balaban J connectivity index is 0.00000107. The molecule has 3 rings (SSSR count). The van der Waals surface area contributed by atoms with Gasteiger partial charge in [0.2, 0.25) is 11.5 Å². The van der Waals surface area contributed by atoms with Crippen molar-refractivity contribution in [1.29, 1.82) is 0 Å². The van der Waals surface area contributed by atoms with Gasteiger partial charge in [0.15, 0.2) is 0 Å². The third kappa shape index (κ3) is 8.81. The van der Waals surface area contributed by atoms with Crippen molar-refractivity contribution in [3.8, 4) is 0 Å². The molecule has 0 saturated heterocycles. The highest BCUT2D eigenvalue weighted by molar-refractivity contribution is 5.94. The predicted molar refractivity (Wildman–Crippen MR) is 111 cm³/mol. The van der Waals surface area contributed by atoms with Crippen LogP contribution in [0.5, 0.6) is 0 Å². The van der Waals surface area contributed by atoms with E-state index in [9.17, 15) is 14.4 Å². The Bertz CT molecular complexity index is 862. The first kappa shape index (κ1) is 23.8. The van der Waals surface area contributed by atoms with Gasteiger partial charge in [-0.25, -0.2) is 4.98 Å². The number of hydrogen-bond acceptors (Lipinski definition) is 6. The standard InChI is InChI=1S/C19H26N6O3.CH2O2/c26-17(5-2-8-25-13-20-12-23-25)21-10-14-3-1-4-16(9-14)24-19(28)15-6-7-18(27)22-11-15;2-1-3/h6-7,11-14,16H,1-5,8-10H2,(H,21,26)(H,22,27)(H,24,28);1H,(H,2,3)/t14-,16+;/m1./s1. The van der Waals surface area contributed by atoms with Crippen molar-refractivity contribution in [3.05, 3.63) is 46.9 Å². The summed E-state index contributed by atoms with van der Waals surface area (Å²) in [6, 6.07) is 2.95. The molecule has 1 saturated carbocycles. The number of hydrogen-bond donors (Lipinski definition) is 4. The van der Waals surface area contributed by atoms with Crippen LogP contribution in [0.4, 0.5) is 0 Å². The van der Waals surface area contributed by atoms with Gasteiger partial charge >= 0.3 is 0 Å². The zero-order chi connectivity index (χ0) is 22.5. The minimum Gasteiger partial charge on any atom is -0.483 e. The molecule has 4 N–H and O–H groups in total. The molecule has 2 heterocycles. The number of amides is 2. The molecule has 0 spiro atoms. The molecule has 1 fully saturated rings. The normalized spacial score (nSPS) is 17.7. The minimum absolute atomic E-state index is 0.0412. The highest BCUT2D eigenvalue weighted by Gasteiger charge is 2.24. The number of rotatable bonds is 8. The second-order valence-electron chi connectivity index (χ2n) is 7.32. The summed E-state index contributed by atoms with van der Waals surface area (Å²) >= 11 is 0. The lowest BCUT2D eigenvalue weighted by Crippen LogP contribution is -2.41. The first-order chi connectivity index (χ1) is 15.0. The van der Waals surface area contributed by atoms with Gasteiger partial charge in [-0.15, -0.1) is 0 Å². The highest BCUT2D eigenvalue weighted by Crippen LogP contribution is 2.24. The van der Waals surface area contributed by atoms with Crippen LogP contribution in [0, 0.1) is 5.92 Å². The smallest absolute Gasteiger partial charge is 0.290 e. The third-order valence-corrected chi connectivity index (χ3v) is 5.01. The number of aromatic nitrogens is 4. The van der Waals surface area contributed by atoms with Gasteiger partial charge in [0.1, 0.15) is 12.7 Å². The van der Waals surface area contributed by atoms with Crippen molar-refractivity contribution in [1.82, 2.24) is 30.4 Å². The van der Waals surface area contributed by atoms with Gasteiger partial charge in [0.25, 0.3) is 12.4 Å². The Kier molecular flexibility index (Phi) is 9.92. The number of H-pyrrole nitrogens is 1. The molecule has 0 aliphatic heterocycles. The Hall–Kier alpha value is -3.50. The van der Waals surface area contributed by atoms with Crippen molar-refractivity contribution in [2.45, 2.75) is 51.1 Å². The SMILES string of the molecule is O=C(CCCn1cncn1)NC[C@@H]1CCC[C@H](NC(=O)c2ccc(=O)[nH]c2)C1.O=CO. The van der Waals surface area contributed by atoms with E-state index in [2.05, 4.69) is 25.7 Å². The summed E-state index contributed by atoms with van der Waals surface area (Å²) in [4.78, 5) is 50.2. The van der Waals surface area contributed by atoms with E-state index in [0.29, 0.717) is 31.0 Å². The molecule has 0 aromatic carbocycles. The lowest BCUT2D eigenvalue weighted by molar-refractivity contribution is -0.123. The molecule has 31 heavy (non-hydrogen) atoms. The fourth-order valence-electron chi connectivity index (χ4n) is 3.52. The van der Waals surface area contributed by atoms with E-state index < -0.39 is 0 Å². The molecular weight excluding hydrogens is 404 g/mol. The summed E-state index contributed by atoms with van der Waals surface area (Å²) in [5.41, 5.74) is 0.216. The summed E-state index contributed by atoms with van der Waals surface area (Å²) in [5.74, 6) is 0.215. The van der Waals surface area contributed by atoms with Gasteiger partial charge in [0.05, 0.1) is 5.56 Å². The molecule has 1 aliphatic carbocycles. The van der Waals surface area contributed by atoms with Crippen LogP contribution in [0.25, 0.3) is 0 Å². The summed E-state index contributed by atoms with van der Waals surface area (Å²) < 4.78 is 1.71. The summed E-state index contributed by atoms with van der Waals surface area (Å²) in [6.07, 6.45) is 9.56. The molecule has 0 bridgehead atoms. The number of carbonyl (C=O) groups excluding carboxylic acids is 2. The molecule has 2 aromatic rings. The average molecular weight is 432 g/mol. The largest absolute Gasteiger partial charge is 0.483 e. The number of aromatic amines is 1. The maximum atomic E-state index is 12.3. The molecule has 11 heteroatoms. The van der Waals surface area contributed by atoms with Crippen LogP contribution in [0.3, 0.4) is 0 Å². The number of pyridine rings is 1. The first-order valence-electron chi connectivity index (χ1n) is 10.2. The van der Waals surface area contributed by atoms with Crippen LogP contribution in [0.1, 0.15) is 48.9 Å². The van der Waals surface area contributed by atoms with Crippen molar-refractivity contribution < 1.29 is 19.5 Å². The number of carboxylic acid groups (broad SMARTS) is 1. The fourth-order valence-corrected chi connectivity index (χ4v) is 3.52. The van der Waals surface area contributed by atoms with Crippen LogP contribution < -0.4 is 16.2 Å². The van der Waals surface area contributed by atoms with E-state index >= 15 is 0 Å². The van der Waals surface area contributed by atoms with Crippen LogP contribution in [0.15, 0.2) is 35.8 Å². The Morgan fingerprint density at radius 1 is 1.32 bits per heavy atom. The van der Waals surface area contributed by atoms with Crippen molar-refractivity contribution in [2.24, 2.45) is 5.92 Å². The molecule has 0 radical (unpaired) electrons. The molecule has 2 atom stereocenters. The van der Waals surface area contributed by atoms with Crippen molar-refractivity contribution in [2.75, 3.05) is 6.54 Å². The van der Waals surface area contributed by atoms with Crippen molar-refractivity contribution >= 4 is 18.3 Å². The predicted octanol–water partition coefficient (Wildman–Crippen LogP) is 0.552. The van der Waals surface area contributed by atoms with Crippen LogP contribution in [0.2, 0.25) is 0 Å². The Labute approximate surface area is 179 Å². The van der Waals surface area contributed by atoms with Gasteiger partial charge < -0.3 is 20.7 Å². The third-order valence-electron chi connectivity index (χ3n) is 5.01. The quantitative estimate of drug-likeness (QED) is 0.443. The number of nitrogens with one attached hydrogen (secondary N) is 3. The summed E-state index contributed by atoms with van der Waals surface area (Å²) in [5, 5.41) is 16.9. The molecular formula is C20H28N6O5. The summed E-state index contributed by atoms with van der Waals surface area (Å²) in [6.45, 7) is 1.06. The van der Waals surface area contributed by atoms with E-state index in [1.165, 1.54) is 24.7 Å². The van der Waals surface area contributed by atoms with E-state index in [1.807, 2.05) is 0 Å². The highest BCUT2D eigenvalue weighted by atomic mass is 16.3. The molecule has 2 aromatic heterocycles. The van der Waals surface area contributed by atoms with Gasteiger partial charge in [-0.2, -0.15) is 5.10 Å². The number of carbonyl (C=O) groups is 3. The monoisotopic (exact) mass is 432 g/mol. The van der Waals surface area contributed by atoms with Gasteiger partial charge in [-0.3, -0.25) is 23.9 Å². The number of aryl methyl sites for hydroxylation is 1. The van der Waals surface area contributed by atoms with Gasteiger partial charge in [0, 0.05) is 37.8 Å². The lowest BCUT2D eigenvalue weighted by atomic mass is 9.85. The molecule has 2 amide bonds. The zero-order valence-electron chi connectivity index (χ0n) is 17.2. The average Bonchev–Trinajstić information content (AvgIpc) is 3.27. The molecule has 168 valence electrons. The topological polar surface area (TPSA) is 159 Å². The van der Waals surface area contributed by atoms with E-state index in [0.717, 1.165) is 32.1 Å². The fraction of sp³-hybridized carbons (Fsp3) is 0.500. The molecule has 0 unspecified atom stereocenters.